The van der Waals surface area contributed by atoms with Crippen molar-refractivity contribution in [2.75, 3.05) is 11.9 Å². The number of hydrogen-bond donors (Lipinski definition) is 2. The molecular formula is C22H27N5O5. The number of aromatic nitrogens is 4. The second-order valence-electron chi connectivity index (χ2n) is 9.09. The number of nitrogens with one attached hydrogen (secondary N) is 1. The van der Waals surface area contributed by atoms with Crippen LogP contribution in [0.4, 0.5) is 10.6 Å². The zero-order valence-corrected chi connectivity index (χ0v) is 18.2. The van der Waals surface area contributed by atoms with E-state index in [-0.39, 0.29) is 18.4 Å². The van der Waals surface area contributed by atoms with Gasteiger partial charge < -0.3 is 14.6 Å². The number of amides is 1. The van der Waals surface area contributed by atoms with Crippen LogP contribution in [0.3, 0.4) is 0 Å². The molecule has 4 atom stereocenters. The summed E-state index contributed by atoms with van der Waals surface area (Å²) in [6.45, 7) is 2.28. The molecule has 0 aliphatic heterocycles. The summed E-state index contributed by atoms with van der Waals surface area (Å²) in [4.78, 5) is 27.8. The zero-order chi connectivity index (χ0) is 22.4. The smallest absolute Gasteiger partial charge is 0.412 e. The van der Waals surface area contributed by atoms with Crippen LogP contribution >= 0.6 is 0 Å². The lowest BCUT2D eigenvalue weighted by Gasteiger charge is -2.18. The maximum Gasteiger partial charge on any atom is 0.412 e. The van der Waals surface area contributed by atoms with Gasteiger partial charge in [-0.25, -0.2) is 14.5 Å². The molecule has 2 aromatic heterocycles. The Morgan fingerprint density at radius 1 is 1.25 bits per heavy atom. The Bertz CT molecular complexity index is 1050. The van der Waals surface area contributed by atoms with Gasteiger partial charge in [-0.05, 0) is 62.5 Å². The molecule has 32 heavy (non-hydrogen) atoms. The third-order valence-corrected chi connectivity index (χ3v) is 6.77. The van der Waals surface area contributed by atoms with Gasteiger partial charge in [0.2, 0.25) is 0 Å². The Morgan fingerprint density at radius 2 is 2.06 bits per heavy atom. The van der Waals surface area contributed by atoms with Crippen molar-refractivity contribution in [1.29, 1.82) is 0 Å². The molecule has 0 bridgehead atoms. The van der Waals surface area contributed by atoms with Crippen LogP contribution in [-0.4, -0.2) is 49.9 Å². The quantitative estimate of drug-likeness (QED) is 0.640. The first-order valence-electron chi connectivity index (χ1n) is 11.1. The number of ether oxygens (including phenoxy) is 2. The van der Waals surface area contributed by atoms with Gasteiger partial charge in [-0.1, -0.05) is 5.21 Å². The summed E-state index contributed by atoms with van der Waals surface area (Å²) in [5.41, 5.74) is 1.73. The van der Waals surface area contributed by atoms with E-state index in [2.05, 4.69) is 20.6 Å². The lowest BCUT2D eigenvalue weighted by molar-refractivity contribution is -0.137. The molecule has 1 unspecified atom stereocenters. The molecule has 0 spiro atoms. The van der Waals surface area contributed by atoms with Gasteiger partial charge in [0.05, 0.1) is 18.0 Å². The highest BCUT2D eigenvalue weighted by Gasteiger charge is 2.59. The SMILES string of the molecule is Cc1nc(-c2nnn(C)c2NC(=O)OCC2CC2)ccc1O[C@@H]1CC[C@H]2C(CC(=O)O)[C@@H]12. The average Bonchev–Trinajstić information content (AvgIpc) is 3.62. The molecule has 10 nitrogen and oxygen atoms in total. The van der Waals surface area contributed by atoms with Gasteiger partial charge in [0, 0.05) is 19.4 Å². The fraction of sp³-hybridized carbons (Fsp3) is 0.591. The number of aryl methyl sites for hydroxylation is 2. The number of carboxylic acid groups (broad SMARTS) is 1. The highest BCUT2D eigenvalue weighted by molar-refractivity contribution is 5.88. The van der Waals surface area contributed by atoms with Crippen LogP contribution in [0.15, 0.2) is 12.1 Å². The van der Waals surface area contributed by atoms with E-state index in [1.165, 1.54) is 4.68 Å². The number of pyridine rings is 1. The molecule has 3 saturated carbocycles. The van der Waals surface area contributed by atoms with Crippen molar-refractivity contribution in [3.05, 3.63) is 17.8 Å². The van der Waals surface area contributed by atoms with E-state index >= 15 is 0 Å². The molecular weight excluding hydrogens is 414 g/mol. The van der Waals surface area contributed by atoms with Crippen LogP contribution in [0.5, 0.6) is 5.75 Å². The molecule has 0 saturated heterocycles. The number of fused-ring (bicyclic) bond motifs is 1. The van der Waals surface area contributed by atoms with E-state index in [1.54, 1.807) is 13.1 Å². The Labute approximate surface area is 185 Å². The summed E-state index contributed by atoms with van der Waals surface area (Å²) in [5.74, 6) is 1.86. The molecule has 0 radical (unpaired) electrons. The third kappa shape index (κ3) is 4.13. The molecule has 3 fully saturated rings. The molecule has 0 aromatic carbocycles. The maximum absolute atomic E-state index is 12.1. The van der Waals surface area contributed by atoms with E-state index in [0.29, 0.717) is 53.0 Å². The first kappa shape index (κ1) is 20.7. The lowest BCUT2D eigenvalue weighted by atomic mass is 10.1. The third-order valence-electron chi connectivity index (χ3n) is 6.77. The summed E-state index contributed by atoms with van der Waals surface area (Å²) in [5, 5.41) is 20.0. The van der Waals surface area contributed by atoms with Crippen LogP contribution in [0.1, 0.15) is 37.8 Å². The van der Waals surface area contributed by atoms with E-state index in [0.717, 1.165) is 25.7 Å². The van der Waals surface area contributed by atoms with Crippen LogP contribution in [0.2, 0.25) is 0 Å². The van der Waals surface area contributed by atoms with E-state index in [4.69, 9.17) is 14.6 Å². The van der Waals surface area contributed by atoms with E-state index < -0.39 is 12.1 Å². The topological polar surface area (TPSA) is 128 Å². The van der Waals surface area contributed by atoms with Crippen molar-refractivity contribution in [1.82, 2.24) is 20.0 Å². The van der Waals surface area contributed by atoms with Crippen LogP contribution in [0, 0.1) is 30.6 Å². The molecule has 2 aromatic rings. The fourth-order valence-electron chi connectivity index (χ4n) is 4.86. The minimum absolute atomic E-state index is 0.0330. The minimum Gasteiger partial charge on any atom is -0.488 e. The molecule has 170 valence electrons. The highest BCUT2D eigenvalue weighted by Crippen LogP contribution is 2.60. The van der Waals surface area contributed by atoms with Crippen molar-refractivity contribution < 1.29 is 24.2 Å². The van der Waals surface area contributed by atoms with Crippen LogP contribution < -0.4 is 10.1 Å². The maximum atomic E-state index is 12.1. The standard InChI is InChI=1S/C22H27N5O5/c1-11-16(32-17-7-5-13-14(19(13)17)9-18(28)29)8-6-15(23-11)20-21(27(2)26-25-20)24-22(30)31-10-12-3-4-12/h6,8,12-14,17,19H,3-5,7,9-10H2,1-2H3,(H,24,30)(H,28,29)/t13-,14?,17+,19-/m0/s1. The second-order valence-corrected chi connectivity index (χ2v) is 9.09. The van der Waals surface area contributed by atoms with E-state index in [9.17, 15) is 9.59 Å². The molecule has 3 aliphatic carbocycles. The Hall–Kier alpha value is -3.17. The molecule has 3 aliphatic rings. The number of carbonyl (C=O) groups is 2. The number of nitrogens with zero attached hydrogens (tertiary/aromatic N) is 4. The predicted octanol–water partition coefficient (Wildman–Crippen LogP) is 3.02. The van der Waals surface area contributed by atoms with Crippen LogP contribution in [-0.2, 0) is 16.6 Å². The van der Waals surface area contributed by atoms with Crippen molar-refractivity contribution in [3.63, 3.8) is 0 Å². The normalized spacial score (nSPS) is 25.8. The van der Waals surface area contributed by atoms with Crippen molar-refractivity contribution in [2.45, 2.75) is 45.1 Å². The van der Waals surface area contributed by atoms with Gasteiger partial charge in [-0.15, -0.1) is 5.10 Å². The monoisotopic (exact) mass is 441 g/mol. The van der Waals surface area contributed by atoms with Crippen molar-refractivity contribution >= 4 is 17.9 Å². The Morgan fingerprint density at radius 3 is 2.78 bits per heavy atom. The number of carbonyl (C=O) groups excluding carboxylic acids is 1. The summed E-state index contributed by atoms with van der Waals surface area (Å²) >= 11 is 0. The predicted molar refractivity (Wildman–Crippen MR) is 113 cm³/mol. The first-order valence-corrected chi connectivity index (χ1v) is 11.1. The molecule has 1 amide bonds. The molecule has 2 N–H and O–H groups in total. The average molecular weight is 441 g/mol. The number of rotatable bonds is 8. The van der Waals surface area contributed by atoms with Gasteiger partial charge in [-0.3, -0.25) is 10.1 Å². The highest BCUT2D eigenvalue weighted by atomic mass is 16.5. The second kappa shape index (κ2) is 8.07. The molecule has 10 heteroatoms. The fourth-order valence-corrected chi connectivity index (χ4v) is 4.86. The van der Waals surface area contributed by atoms with Gasteiger partial charge in [0.15, 0.2) is 11.5 Å². The van der Waals surface area contributed by atoms with Crippen molar-refractivity contribution in [3.8, 4) is 17.1 Å². The summed E-state index contributed by atoms with van der Waals surface area (Å²) in [6, 6.07) is 3.64. The summed E-state index contributed by atoms with van der Waals surface area (Å²) in [6.07, 6.45) is 3.88. The van der Waals surface area contributed by atoms with Gasteiger partial charge in [0.1, 0.15) is 11.9 Å². The largest absolute Gasteiger partial charge is 0.488 e. The van der Waals surface area contributed by atoms with Gasteiger partial charge in [-0.2, -0.15) is 0 Å². The number of carboxylic acids is 1. The summed E-state index contributed by atoms with van der Waals surface area (Å²) in [7, 11) is 1.69. The van der Waals surface area contributed by atoms with Gasteiger partial charge in [0.25, 0.3) is 0 Å². The van der Waals surface area contributed by atoms with E-state index in [1.807, 2.05) is 13.0 Å². The number of aliphatic carboxylic acids is 1. The molecule has 5 rings (SSSR count). The summed E-state index contributed by atoms with van der Waals surface area (Å²) < 4.78 is 13.0. The zero-order valence-electron chi connectivity index (χ0n) is 18.2. The Balaban J connectivity index is 1.27. The first-order chi connectivity index (χ1) is 15.4. The minimum atomic E-state index is -0.741. The number of hydrogen-bond acceptors (Lipinski definition) is 7. The van der Waals surface area contributed by atoms with Crippen molar-refractivity contribution in [2.24, 2.45) is 30.7 Å². The van der Waals surface area contributed by atoms with Gasteiger partial charge >= 0.3 is 12.1 Å². The number of anilines is 1. The van der Waals surface area contributed by atoms with Crippen LogP contribution in [0.25, 0.3) is 11.4 Å². The lowest BCUT2D eigenvalue weighted by Crippen LogP contribution is -2.19. The Kier molecular flexibility index (Phi) is 5.22. The molecule has 2 heterocycles.